The summed E-state index contributed by atoms with van der Waals surface area (Å²) >= 11 is 0. The van der Waals surface area contributed by atoms with Gasteiger partial charge in [-0.2, -0.15) is 0 Å². The molecule has 2 N–H and O–H groups in total. The van der Waals surface area contributed by atoms with E-state index in [1.165, 1.54) is 6.92 Å². The standard InChI is InChI=1S/C27H32N2O3/c1-18(30)21-10-6-19(7-11-21)16-25(31)26-24-5-3-2-4-22(24)14-15-29(26)27(32)23-12-8-20(17-28)9-13-23/h2-7,10-11,20,23,26H,8-9,12-17,28H2,1H3/t20?,23?,26-/m0/s1. The summed E-state index contributed by atoms with van der Waals surface area (Å²) in [6.45, 7) is 2.79. The molecule has 32 heavy (non-hydrogen) atoms. The summed E-state index contributed by atoms with van der Waals surface area (Å²) in [5.41, 5.74) is 9.42. The Morgan fingerprint density at radius 2 is 1.66 bits per heavy atom. The van der Waals surface area contributed by atoms with Crippen molar-refractivity contribution in [2.75, 3.05) is 13.1 Å². The third kappa shape index (κ3) is 4.68. The molecule has 168 valence electrons. The van der Waals surface area contributed by atoms with Crippen LogP contribution in [0, 0.1) is 11.8 Å². The monoisotopic (exact) mass is 432 g/mol. The lowest BCUT2D eigenvalue weighted by Gasteiger charge is -2.39. The molecule has 1 atom stereocenters. The van der Waals surface area contributed by atoms with Gasteiger partial charge in [0.25, 0.3) is 0 Å². The molecule has 1 saturated carbocycles. The van der Waals surface area contributed by atoms with Gasteiger partial charge in [-0.1, -0.05) is 48.5 Å². The summed E-state index contributed by atoms with van der Waals surface area (Å²) in [5.74, 6) is 0.631. The number of carbonyl (C=O) groups is 3. The minimum absolute atomic E-state index is 0.00483. The summed E-state index contributed by atoms with van der Waals surface area (Å²) < 4.78 is 0. The highest BCUT2D eigenvalue weighted by Gasteiger charge is 2.38. The van der Waals surface area contributed by atoms with Crippen molar-refractivity contribution in [3.05, 3.63) is 70.8 Å². The zero-order valence-electron chi connectivity index (χ0n) is 18.8. The quantitative estimate of drug-likeness (QED) is 0.702. The van der Waals surface area contributed by atoms with E-state index in [4.69, 9.17) is 5.73 Å². The molecule has 4 rings (SSSR count). The Bertz CT molecular complexity index is 990. The van der Waals surface area contributed by atoms with Crippen LogP contribution in [0.4, 0.5) is 0 Å². The van der Waals surface area contributed by atoms with Crippen molar-refractivity contribution in [3.63, 3.8) is 0 Å². The Kier molecular flexibility index (Phi) is 6.85. The van der Waals surface area contributed by atoms with Gasteiger partial charge >= 0.3 is 0 Å². The summed E-state index contributed by atoms with van der Waals surface area (Å²) in [5, 5.41) is 0. The van der Waals surface area contributed by atoms with Crippen molar-refractivity contribution >= 4 is 17.5 Å². The number of ketones is 2. The van der Waals surface area contributed by atoms with Gasteiger partial charge in [0.2, 0.25) is 5.91 Å². The Hall–Kier alpha value is -2.79. The van der Waals surface area contributed by atoms with Gasteiger partial charge in [-0.3, -0.25) is 14.4 Å². The number of rotatable bonds is 6. The van der Waals surface area contributed by atoms with Crippen LogP contribution in [-0.4, -0.2) is 35.5 Å². The van der Waals surface area contributed by atoms with E-state index < -0.39 is 6.04 Å². The second-order valence-electron chi connectivity index (χ2n) is 9.23. The van der Waals surface area contributed by atoms with Crippen molar-refractivity contribution in [2.45, 2.75) is 51.5 Å². The molecule has 2 aromatic rings. The predicted molar refractivity (Wildman–Crippen MR) is 124 cm³/mol. The molecule has 1 amide bonds. The molecule has 0 saturated heterocycles. The lowest BCUT2D eigenvalue weighted by molar-refractivity contribution is -0.144. The number of carbonyl (C=O) groups excluding carboxylic acids is 3. The van der Waals surface area contributed by atoms with E-state index in [2.05, 4.69) is 6.07 Å². The Morgan fingerprint density at radius 1 is 0.969 bits per heavy atom. The maximum Gasteiger partial charge on any atom is 0.226 e. The highest BCUT2D eigenvalue weighted by molar-refractivity contribution is 5.95. The van der Waals surface area contributed by atoms with E-state index in [9.17, 15) is 14.4 Å². The van der Waals surface area contributed by atoms with Crippen molar-refractivity contribution < 1.29 is 14.4 Å². The summed E-state index contributed by atoms with van der Waals surface area (Å²) in [7, 11) is 0. The predicted octanol–water partition coefficient (Wildman–Crippen LogP) is 3.89. The van der Waals surface area contributed by atoms with E-state index in [-0.39, 0.29) is 29.8 Å². The molecule has 0 unspecified atom stereocenters. The number of nitrogens with zero attached hydrogens (tertiary/aromatic N) is 1. The molecule has 0 spiro atoms. The number of amides is 1. The maximum absolute atomic E-state index is 13.6. The van der Waals surface area contributed by atoms with Crippen molar-refractivity contribution in [1.29, 1.82) is 0 Å². The molecular formula is C27H32N2O3. The van der Waals surface area contributed by atoms with E-state index in [0.717, 1.165) is 48.8 Å². The van der Waals surface area contributed by atoms with E-state index >= 15 is 0 Å². The first kappa shape index (κ1) is 22.4. The molecular weight excluding hydrogens is 400 g/mol. The minimum Gasteiger partial charge on any atom is -0.330 e. The first-order valence-corrected chi connectivity index (χ1v) is 11.7. The smallest absolute Gasteiger partial charge is 0.226 e. The highest BCUT2D eigenvalue weighted by Crippen LogP contribution is 2.36. The number of Topliss-reactive ketones (excluding diaryl/α,β-unsaturated/α-hetero) is 2. The fourth-order valence-electron chi connectivity index (χ4n) is 5.19. The van der Waals surface area contributed by atoms with Gasteiger partial charge in [0.15, 0.2) is 11.6 Å². The largest absolute Gasteiger partial charge is 0.330 e. The van der Waals surface area contributed by atoms with Gasteiger partial charge in [0.1, 0.15) is 6.04 Å². The highest BCUT2D eigenvalue weighted by atomic mass is 16.2. The van der Waals surface area contributed by atoms with Gasteiger partial charge in [-0.25, -0.2) is 0 Å². The number of hydrogen-bond acceptors (Lipinski definition) is 4. The third-order valence-corrected chi connectivity index (χ3v) is 7.14. The van der Waals surface area contributed by atoms with Gasteiger partial charge < -0.3 is 10.6 Å². The molecule has 2 aromatic carbocycles. The number of hydrogen-bond donors (Lipinski definition) is 1. The van der Waals surface area contributed by atoms with E-state index in [1.807, 2.05) is 35.2 Å². The van der Waals surface area contributed by atoms with Crippen LogP contribution in [0.3, 0.4) is 0 Å². The second kappa shape index (κ2) is 9.78. The second-order valence-corrected chi connectivity index (χ2v) is 9.23. The zero-order chi connectivity index (χ0) is 22.7. The molecule has 0 radical (unpaired) electrons. The molecule has 1 heterocycles. The fraction of sp³-hybridized carbons (Fsp3) is 0.444. The molecule has 1 fully saturated rings. The number of nitrogens with two attached hydrogens (primary N) is 1. The van der Waals surface area contributed by atoms with Crippen molar-refractivity contribution in [1.82, 2.24) is 4.90 Å². The van der Waals surface area contributed by atoms with Crippen LogP contribution in [-0.2, 0) is 22.4 Å². The fourth-order valence-corrected chi connectivity index (χ4v) is 5.19. The molecule has 5 heteroatoms. The van der Waals surface area contributed by atoms with Crippen LogP contribution in [0.15, 0.2) is 48.5 Å². The van der Waals surface area contributed by atoms with Crippen LogP contribution in [0.1, 0.15) is 65.7 Å². The van der Waals surface area contributed by atoms with E-state index in [0.29, 0.717) is 24.6 Å². The lowest BCUT2D eigenvalue weighted by atomic mass is 9.80. The first-order valence-electron chi connectivity index (χ1n) is 11.7. The van der Waals surface area contributed by atoms with Crippen LogP contribution in [0.2, 0.25) is 0 Å². The molecule has 5 nitrogen and oxygen atoms in total. The molecule has 0 bridgehead atoms. The average Bonchev–Trinajstić information content (AvgIpc) is 2.83. The Labute approximate surface area is 190 Å². The summed E-state index contributed by atoms with van der Waals surface area (Å²) in [6.07, 6.45) is 4.69. The van der Waals surface area contributed by atoms with Gasteiger partial charge in [-0.05, 0) is 68.2 Å². The van der Waals surface area contributed by atoms with Crippen LogP contribution >= 0.6 is 0 Å². The topological polar surface area (TPSA) is 80.5 Å². The zero-order valence-corrected chi connectivity index (χ0v) is 18.8. The van der Waals surface area contributed by atoms with Crippen molar-refractivity contribution in [3.8, 4) is 0 Å². The Morgan fingerprint density at radius 3 is 2.31 bits per heavy atom. The normalized spacial score (nSPS) is 22.8. The van der Waals surface area contributed by atoms with Crippen LogP contribution in [0.25, 0.3) is 0 Å². The Balaban J connectivity index is 1.57. The van der Waals surface area contributed by atoms with Crippen molar-refractivity contribution in [2.24, 2.45) is 17.6 Å². The van der Waals surface area contributed by atoms with Crippen LogP contribution in [0.5, 0.6) is 0 Å². The molecule has 2 aliphatic rings. The average molecular weight is 433 g/mol. The van der Waals surface area contributed by atoms with E-state index in [1.54, 1.807) is 12.1 Å². The summed E-state index contributed by atoms with van der Waals surface area (Å²) in [4.78, 5) is 40.5. The SMILES string of the molecule is CC(=O)c1ccc(CC(=O)[C@@H]2c3ccccc3CCN2C(=O)C2CCC(CN)CC2)cc1. The molecule has 1 aliphatic carbocycles. The third-order valence-electron chi connectivity index (χ3n) is 7.14. The van der Waals surface area contributed by atoms with Crippen LogP contribution < -0.4 is 5.73 Å². The number of benzene rings is 2. The summed E-state index contributed by atoms with van der Waals surface area (Å²) in [6, 6.07) is 14.6. The lowest BCUT2D eigenvalue weighted by Crippen LogP contribution is -2.47. The minimum atomic E-state index is -0.549. The van der Waals surface area contributed by atoms with Gasteiger partial charge in [0, 0.05) is 24.4 Å². The van der Waals surface area contributed by atoms with Gasteiger partial charge in [-0.15, -0.1) is 0 Å². The molecule has 0 aromatic heterocycles. The number of fused-ring (bicyclic) bond motifs is 1. The maximum atomic E-state index is 13.6. The molecule has 1 aliphatic heterocycles. The first-order chi connectivity index (χ1) is 15.5. The van der Waals surface area contributed by atoms with Gasteiger partial charge in [0.05, 0.1) is 0 Å².